The van der Waals surface area contributed by atoms with Gasteiger partial charge in [-0.1, -0.05) is 29.8 Å². The van der Waals surface area contributed by atoms with Gasteiger partial charge in [-0.05, 0) is 49.7 Å². The van der Waals surface area contributed by atoms with Crippen LogP contribution in [0.3, 0.4) is 0 Å². The molecule has 0 atom stereocenters. The number of amides is 1. The standard InChI is InChI=1S/C21H16ClN3O2/c1-13-10-14(2)24-21(18(13)12-23)27-16-7-5-6-15(11-16)25-20(26)17-8-3-4-9-19(17)22/h3-11H,1-2H3,(H,25,26). The summed E-state index contributed by atoms with van der Waals surface area (Å²) in [6.07, 6.45) is 0. The largest absolute Gasteiger partial charge is 0.438 e. The van der Waals surface area contributed by atoms with Crippen LogP contribution in [0.25, 0.3) is 0 Å². The van der Waals surface area contributed by atoms with Crippen LogP contribution < -0.4 is 10.1 Å². The van der Waals surface area contributed by atoms with Crippen molar-refractivity contribution in [1.82, 2.24) is 4.98 Å². The predicted octanol–water partition coefficient (Wildman–Crippen LogP) is 5.27. The normalized spacial score (nSPS) is 10.1. The molecule has 0 radical (unpaired) electrons. The van der Waals surface area contributed by atoms with Crippen molar-refractivity contribution in [3.63, 3.8) is 0 Å². The minimum absolute atomic E-state index is 0.240. The maximum atomic E-state index is 12.4. The number of halogens is 1. The molecule has 1 heterocycles. The molecule has 0 aliphatic heterocycles. The molecule has 1 amide bonds. The smallest absolute Gasteiger partial charge is 0.257 e. The number of nitriles is 1. The van der Waals surface area contributed by atoms with Gasteiger partial charge < -0.3 is 10.1 Å². The van der Waals surface area contributed by atoms with Crippen molar-refractivity contribution in [1.29, 1.82) is 5.26 Å². The van der Waals surface area contributed by atoms with Crippen LogP contribution in [0.15, 0.2) is 54.6 Å². The summed E-state index contributed by atoms with van der Waals surface area (Å²) >= 11 is 6.06. The second-order valence-corrected chi connectivity index (χ2v) is 6.34. The van der Waals surface area contributed by atoms with Crippen LogP contribution in [0.5, 0.6) is 11.6 Å². The second-order valence-electron chi connectivity index (χ2n) is 5.94. The molecule has 0 aliphatic carbocycles. The Hall–Kier alpha value is -3.36. The van der Waals surface area contributed by atoms with Crippen LogP contribution in [0.1, 0.15) is 27.2 Å². The van der Waals surface area contributed by atoms with Gasteiger partial charge in [0.2, 0.25) is 5.88 Å². The molecule has 1 N–H and O–H groups in total. The van der Waals surface area contributed by atoms with E-state index in [-0.39, 0.29) is 11.8 Å². The molecule has 3 aromatic rings. The van der Waals surface area contributed by atoms with E-state index in [9.17, 15) is 10.1 Å². The number of aromatic nitrogens is 1. The number of rotatable bonds is 4. The summed E-state index contributed by atoms with van der Waals surface area (Å²) in [5.74, 6) is 0.380. The Balaban J connectivity index is 1.84. The number of carbonyl (C=O) groups is 1. The van der Waals surface area contributed by atoms with E-state index in [2.05, 4.69) is 16.4 Å². The molecule has 134 valence electrons. The number of ether oxygens (including phenoxy) is 1. The van der Waals surface area contributed by atoms with Crippen molar-refractivity contribution in [3.8, 4) is 17.7 Å². The number of aryl methyl sites for hydroxylation is 2. The lowest BCUT2D eigenvalue weighted by Crippen LogP contribution is -2.12. The first-order chi connectivity index (χ1) is 13.0. The van der Waals surface area contributed by atoms with Gasteiger partial charge in [-0.2, -0.15) is 5.26 Å². The molecule has 0 saturated carbocycles. The van der Waals surface area contributed by atoms with Crippen molar-refractivity contribution < 1.29 is 9.53 Å². The van der Waals surface area contributed by atoms with Gasteiger partial charge in [-0.25, -0.2) is 4.98 Å². The molecule has 2 aromatic carbocycles. The zero-order chi connectivity index (χ0) is 19.4. The van der Waals surface area contributed by atoms with E-state index >= 15 is 0 Å². The number of pyridine rings is 1. The predicted molar refractivity (Wildman–Crippen MR) is 104 cm³/mol. The SMILES string of the molecule is Cc1cc(C)c(C#N)c(Oc2cccc(NC(=O)c3ccccc3Cl)c2)n1. The number of nitrogens with zero attached hydrogens (tertiary/aromatic N) is 2. The Morgan fingerprint density at radius 2 is 1.93 bits per heavy atom. The molecule has 1 aromatic heterocycles. The van der Waals surface area contributed by atoms with Crippen LogP contribution in [-0.4, -0.2) is 10.9 Å². The van der Waals surface area contributed by atoms with E-state index in [1.165, 1.54) is 0 Å². The van der Waals surface area contributed by atoms with Gasteiger partial charge in [0.25, 0.3) is 5.91 Å². The van der Waals surface area contributed by atoms with E-state index < -0.39 is 0 Å². The number of hydrogen-bond acceptors (Lipinski definition) is 4. The number of nitrogens with one attached hydrogen (secondary N) is 1. The summed E-state index contributed by atoms with van der Waals surface area (Å²) in [6, 6.07) is 17.6. The van der Waals surface area contributed by atoms with Crippen LogP contribution in [0, 0.1) is 25.2 Å². The van der Waals surface area contributed by atoms with Crippen molar-refractivity contribution in [2.75, 3.05) is 5.32 Å². The molecule has 0 saturated heterocycles. The molecule has 27 heavy (non-hydrogen) atoms. The number of carbonyl (C=O) groups excluding carboxylic acids is 1. The first-order valence-corrected chi connectivity index (χ1v) is 8.58. The molecular formula is C21H16ClN3O2. The minimum atomic E-state index is -0.319. The summed E-state index contributed by atoms with van der Waals surface area (Å²) in [4.78, 5) is 16.7. The van der Waals surface area contributed by atoms with Gasteiger partial charge in [0.15, 0.2) is 0 Å². The van der Waals surface area contributed by atoms with Crippen molar-refractivity contribution >= 4 is 23.2 Å². The molecule has 0 spiro atoms. The summed E-state index contributed by atoms with van der Waals surface area (Å²) in [7, 11) is 0. The highest BCUT2D eigenvalue weighted by Gasteiger charge is 2.13. The van der Waals surface area contributed by atoms with Crippen molar-refractivity contribution in [2.45, 2.75) is 13.8 Å². The maximum Gasteiger partial charge on any atom is 0.257 e. The Labute approximate surface area is 162 Å². The van der Waals surface area contributed by atoms with Crippen LogP contribution in [0.2, 0.25) is 5.02 Å². The number of benzene rings is 2. The van der Waals surface area contributed by atoms with E-state index in [1.54, 1.807) is 48.5 Å². The highest BCUT2D eigenvalue weighted by molar-refractivity contribution is 6.34. The van der Waals surface area contributed by atoms with Gasteiger partial charge in [-0.15, -0.1) is 0 Å². The summed E-state index contributed by atoms with van der Waals surface area (Å²) in [6.45, 7) is 3.67. The summed E-state index contributed by atoms with van der Waals surface area (Å²) < 4.78 is 5.80. The third kappa shape index (κ3) is 4.25. The lowest BCUT2D eigenvalue weighted by Gasteiger charge is -2.11. The van der Waals surface area contributed by atoms with Crippen LogP contribution >= 0.6 is 11.6 Å². The fourth-order valence-electron chi connectivity index (χ4n) is 2.61. The first kappa shape index (κ1) is 18.4. The molecular weight excluding hydrogens is 362 g/mol. The number of anilines is 1. The van der Waals surface area contributed by atoms with Gasteiger partial charge in [0, 0.05) is 17.4 Å². The third-order valence-corrected chi connectivity index (χ3v) is 4.18. The minimum Gasteiger partial charge on any atom is -0.438 e. The fraction of sp³-hybridized carbons (Fsp3) is 0.0952. The van der Waals surface area contributed by atoms with Gasteiger partial charge >= 0.3 is 0 Å². The molecule has 0 fully saturated rings. The Kier molecular flexibility index (Phi) is 5.39. The lowest BCUT2D eigenvalue weighted by molar-refractivity contribution is 0.102. The topological polar surface area (TPSA) is 75.0 Å². The second kappa shape index (κ2) is 7.90. The Bertz CT molecular complexity index is 1060. The van der Waals surface area contributed by atoms with Crippen molar-refractivity contribution in [3.05, 3.63) is 82.0 Å². The van der Waals surface area contributed by atoms with Crippen molar-refractivity contribution in [2.24, 2.45) is 0 Å². The maximum absolute atomic E-state index is 12.4. The average Bonchev–Trinajstić information content (AvgIpc) is 2.62. The monoisotopic (exact) mass is 377 g/mol. The highest BCUT2D eigenvalue weighted by Crippen LogP contribution is 2.28. The first-order valence-electron chi connectivity index (χ1n) is 8.20. The van der Waals surface area contributed by atoms with E-state index in [0.717, 1.165) is 11.3 Å². The molecule has 3 rings (SSSR count). The Morgan fingerprint density at radius 1 is 1.15 bits per heavy atom. The van der Waals surface area contributed by atoms with Gasteiger partial charge in [-0.3, -0.25) is 4.79 Å². The third-order valence-electron chi connectivity index (χ3n) is 3.85. The Morgan fingerprint density at radius 3 is 2.67 bits per heavy atom. The van der Waals surface area contributed by atoms with E-state index in [4.69, 9.17) is 16.3 Å². The molecule has 0 unspecified atom stereocenters. The fourth-order valence-corrected chi connectivity index (χ4v) is 2.83. The van der Waals surface area contributed by atoms with Gasteiger partial charge in [0.05, 0.1) is 10.6 Å². The highest BCUT2D eigenvalue weighted by atomic mass is 35.5. The summed E-state index contributed by atoms with van der Waals surface area (Å²) in [5, 5.41) is 12.5. The van der Waals surface area contributed by atoms with E-state index in [0.29, 0.717) is 27.6 Å². The molecule has 0 bridgehead atoms. The molecule has 6 heteroatoms. The molecule has 0 aliphatic rings. The summed E-state index contributed by atoms with van der Waals surface area (Å²) in [5.41, 5.74) is 2.85. The zero-order valence-electron chi connectivity index (χ0n) is 14.8. The van der Waals surface area contributed by atoms with Crippen LogP contribution in [0.4, 0.5) is 5.69 Å². The number of hydrogen-bond donors (Lipinski definition) is 1. The van der Waals surface area contributed by atoms with E-state index in [1.807, 2.05) is 19.9 Å². The van der Waals surface area contributed by atoms with Gasteiger partial charge in [0.1, 0.15) is 17.4 Å². The molecule has 5 nitrogen and oxygen atoms in total. The van der Waals surface area contributed by atoms with Crippen LogP contribution in [-0.2, 0) is 0 Å². The quantitative estimate of drug-likeness (QED) is 0.672. The average molecular weight is 378 g/mol. The lowest BCUT2D eigenvalue weighted by atomic mass is 10.1. The zero-order valence-corrected chi connectivity index (χ0v) is 15.5.